The minimum Gasteiger partial charge on any atom is -0.385 e. The quantitative estimate of drug-likeness (QED) is 0.733. The van der Waals surface area contributed by atoms with Gasteiger partial charge >= 0.3 is 0 Å². The number of halogens is 1. The van der Waals surface area contributed by atoms with E-state index >= 15 is 0 Å². The molecule has 1 aromatic rings. The van der Waals surface area contributed by atoms with Crippen molar-refractivity contribution < 1.29 is 9.50 Å². The van der Waals surface area contributed by atoms with Gasteiger partial charge in [0, 0.05) is 24.3 Å². The summed E-state index contributed by atoms with van der Waals surface area (Å²) in [6, 6.07) is 2.97. The first-order valence-corrected chi connectivity index (χ1v) is 5.56. The summed E-state index contributed by atoms with van der Waals surface area (Å²) < 4.78 is 12.9. The maximum Gasteiger partial charge on any atom is 0.213 e. The number of nitrogens with zero attached hydrogens (tertiary/aromatic N) is 2. The highest BCUT2D eigenvalue weighted by Gasteiger charge is 2.34. The van der Waals surface area contributed by atoms with Gasteiger partial charge in [0.05, 0.1) is 5.60 Å². The predicted molar refractivity (Wildman–Crippen MR) is 59.6 cm³/mol. The molecule has 88 valence electrons. The molecule has 3 nitrogen and oxygen atoms in total. The van der Waals surface area contributed by atoms with E-state index in [4.69, 9.17) is 0 Å². The second kappa shape index (κ2) is 4.11. The Morgan fingerprint density at radius 1 is 1.38 bits per heavy atom. The number of pyridine rings is 1. The summed E-state index contributed by atoms with van der Waals surface area (Å²) in [6.45, 7) is 3.45. The van der Waals surface area contributed by atoms with Crippen LogP contribution in [0.5, 0.6) is 0 Å². The van der Waals surface area contributed by atoms with E-state index in [1.54, 1.807) is 13.0 Å². The number of hydrogen-bond acceptors (Lipinski definition) is 3. The van der Waals surface area contributed by atoms with Gasteiger partial charge in [-0.25, -0.2) is 4.98 Å². The Morgan fingerprint density at radius 2 is 2.00 bits per heavy atom. The minimum atomic E-state index is -0.836. The van der Waals surface area contributed by atoms with E-state index in [-0.39, 0.29) is 0 Å². The largest absolute Gasteiger partial charge is 0.385 e. The van der Waals surface area contributed by atoms with Crippen molar-refractivity contribution in [3.05, 3.63) is 29.3 Å². The van der Waals surface area contributed by atoms with Crippen molar-refractivity contribution in [2.45, 2.75) is 25.4 Å². The van der Waals surface area contributed by atoms with Crippen LogP contribution in [0, 0.1) is 12.9 Å². The van der Waals surface area contributed by atoms with Gasteiger partial charge in [-0.1, -0.05) is 0 Å². The van der Waals surface area contributed by atoms with Crippen LogP contribution in [0.3, 0.4) is 0 Å². The zero-order chi connectivity index (χ0) is 11.8. The fourth-order valence-corrected chi connectivity index (χ4v) is 2.28. The Morgan fingerprint density at radius 3 is 2.56 bits per heavy atom. The van der Waals surface area contributed by atoms with Crippen molar-refractivity contribution in [2.24, 2.45) is 0 Å². The van der Waals surface area contributed by atoms with Gasteiger partial charge in [0.15, 0.2) is 0 Å². The molecule has 1 aromatic heterocycles. The standard InChI is InChI=1S/C12H17FN2O/c1-9-10(3-4-11(13)14-9)12(16)5-7-15(2)8-6-12/h3-4,16H,5-8H2,1-2H3. The molecule has 2 rings (SSSR count). The van der Waals surface area contributed by atoms with E-state index in [0.717, 1.165) is 18.7 Å². The number of piperidine rings is 1. The molecule has 0 amide bonds. The molecule has 0 aromatic carbocycles. The molecule has 1 N–H and O–H groups in total. The first kappa shape index (κ1) is 11.5. The van der Waals surface area contributed by atoms with E-state index in [0.29, 0.717) is 18.5 Å². The lowest BCUT2D eigenvalue weighted by Gasteiger charge is -2.37. The molecule has 1 fully saturated rings. The normalized spacial score (nSPS) is 21.0. The van der Waals surface area contributed by atoms with Gasteiger partial charge in [-0.3, -0.25) is 0 Å². The fourth-order valence-electron chi connectivity index (χ4n) is 2.28. The first-order chi connectivity index (χ1) is 7.51. The predicted octanol–water partition coefficient (Wildman–Crippen LogP) is 1.44. The Bertz CT molecular complexity index is 387. The summed E-state index contributed by atoms with van der Waals surface area (Å²) in [5.41, 5.74) is 0.520. The van der Waals surface area contributed by atoms with Gasteiger partial charge in [0.25, 0.3) is 0 Å². The minimum absolute atomic E-state index is 0.488. The maximum atomic E-state index is 12.9. The van der Waals surface area contributed by atoms with Crippen LogP contribution in [0.1, 0.15) is 24.1 Å². The molecule has 0 spiro atoms. The molecular formula is C12H17FN2O. The molecule has 0 radical (unpaired) electrons. The number of rotatable bonds is 1. The molecule has 0 atom stereocenters. The summed E-state index contributed by atoms with van der Waals surface area (Å²) in [7, 11) is 2.04. The van der Waals surface area contributed by atoms with Gasteiger partial charge in [0.1, 0.15) is 0 Å². The molecule has 0 unspecified atom stereocenters. The molecule has 1 aliphatic rings. The third-order valence-corrected chi connectivity index (χ3v) is 3.37. The Labute approximate surface area is 94.9 Å². The summed E-state index contributed by atoms with van der Waals surface area (Å²) >= 11 is 0. The second-order valence-electron chi connectivity index (χ2n) is 4.60. The molecule has 4 heteroatoms. The maximum absolute atomic E-state index is 12.9. The van der Waals surface area contributed by atoms with Crippen molar-refractivity contribution in [1.29, 1.82) is 0 Å². The highest BCUT2D eigenvalue weighted by Crippen LogP contribution is 2.33. The van der Waals surface area contributed by atoms with Crippen LogP contribution in [0.15, 0.2) is 12.1 Å². The third kappa shape index (κ3) is 2.08. The molecule has 1 saturated heterocycles. The number of aromatic nitrogens is 1. The molecule has 16 heavy (non-hydrogen) atoms. The van der Waals surface area contributed by atoms with E-state index < -0.39 is 11.5 Å². The number of hydrogen-bond donors (Lipinski definition) is 1. The van der Waals surface area contributed by atoms with Crippen LogP contribution in [0.2, 0.25) is 0 Å². The lowest BCUT2D eigenvalue weighted by atomic mass is 9.84. The average molecular weight is 224 g/mol. The van der Waals surface area contributed by atoms with Crippen molar-refractivity contribution in [3.63, 3.8) is 0 Å². The van der Waals surface area contributed by atoms with E-state index in [1.807, 2.05) is 7.05 Å². The lowest BCUT2D eigenvalue weighted by molar-refractivity contribution is -0.0211. The SMILES string of the molecule is Cc1nc(F)ccc1C1(O)CCN(C)CC1. The molecule has 0 aliphatic carbocycles. The van der Waals surface area contributed by atoms with Crippen LogP contribution in [0.4, 0.5) is 4.39 Å². The van der Waals surface area contributed by atoms with Crippen molar-refractivity contribution in [1.82, 2.24) is 9.88 Å². The molecule has 1 aliphatic heterocycles. The number of likely N-dealkylation sites (tertiary alicyclic amines) is 1. The Hall–Kier alpha value is -1.00. The highest BCUT2D eigenvalue weighted by atomic mass is 19.1. The van der Waals surface area contributed by atoms with Gasteiger partial charge in [-0.05, 0) is 38.9 Å². The first-order valence-electron chi connectivity index (χ1n) is 5.56. The Kier molecular flexibility index (Phi) is 2.95. The van der Waals surface area contributed by atoms with Crippen LogP contribution in [-0.4, -0.2) is 35.1 Å². The van der Waals surface area contributed by atoms with Gasteiger partial charge in [-0.2, -0.15) is 4.39 Å². The topological polar surface area (TPSA) is 36.4 Å². The summed E-state index contributed by atoms with van der Waals surface area (Å²) in [6.07, 6.45) is 1.36. The van der Waals surface area contributed by atoms with Crippen molar-refractivity contribution >= 4 is 0 Å². The monoisotopic (exact) mass is 224 g/mol. The van der Waals surface area contributed by atoms with E-state index in [2.05, 4.69) is 9.88 Å². The third-order valence-electron chi connectivity index (χ3n) is 3.37. The second-order valence-corrected chi connectivity index (χ2v) is 4.60. The number of aryl methyl sites for hydroxylation is 1. The van der Waals surface area contributed by atoms with Crippen LogP contribution >= 0.6 is 0 Å². The van der Waals surface area contributed by atoms with Crippen molar-refractivity contribution in [2.75, 3.05) is 20.1 Å². The lowest BCUT2D eigenvalue weighted by Crippen LogP contribution is -2.41. The summed E-state index contributed by atoms with van der Waals surface area (Å²) in [4.78, 5) is 5.95. The number of aliphatic hydroxyl groups is 1. The Balaban J connectivity index is 2.29. The molecule has 0 saturated carbocycles. The summed E-state index contributed by atoms with van der Waals surface area (Å²) in [5.74, 6) is -0.488. The van der Waals surface area contributed by atoms with Gasteiger partial charge in [0.2, 0.25) is 5.95 Å². The van der Waals surface area contributed by atoms with Crippen LogP contribution < -0.4 is 0 Å². The smallest absolute Gasteiger partial charge is 0.213 e. The van der Waals surface area contributed by atoms with Crippen molar-refractivity contribution in [3.8, 4) is 0 Å². The fraction of sp³-hybridized carbons (Fsp3) is 0.583. The van der Waals surface area contributed by atoms with Gasteiger partial charge < -0.3 is 10.0 Å². The molecular weight excluding hydrogens is 207 g/mol. The van der Waals surface area contributed by atoms with Crippen LogP contribution in [0.25, 0.3) is 0 Å². The van der Waals surface area contributed by atoms with E-state index in [9.17, 15) is 9.50 Å². The van der Waals surface area contributed by atoms with Crippen LogP contribution in [-0.2, 0) is 5.60 Å². The highest BCUT2D eigenvalue weighted by molar-refractivity contribution is 5.26. The van der Waals surface area contributed by atoms with E-state index in [1.165, 1.54) is 6.07 Å². The average Bonchev–Trinajstić information content (AvgIpc) is 2.22. The summed E-state index contributed by atoms with van der Waals surface area (Å²) in [5, 5.41) is 10.5. The zero-order valence-corrected chi connectivity index (χ0v) is 9.70. The van der Waals surface area contributed by atoms with Gasteiger partial charge in [-0.15, -0.1) is 0 Å². The molecule has 2 heterocycles. The molecule has 0 bridgehead atoms. The zero-order valence-electron chi connectivity index (χ0n) is 9.70.